The summed E-state index contributed by atoms with van der Waals surface area (Å²) in [6.07, 6.45) is 1.15. The van der Waals surface area contributed by atoms with E-state index >= 15 is 0 Å². The fourth-order valence-electron chi connectivity index (χ4n) is 4.07. The Labute approximate surface area is 201 Å². The highest BCUT2D eigenvalue weighted by atomic mass is 35.5. The average Bonchev–Trinajstić information content (AvgIpc) is 3.47. The number of carbonyl (C=O) groups is 1. The molecule has 182 valence electrons. The summed E-state index contributed by atoms with van der Waals surface area (Å²) in [4.78, 5) is 22.4. The molecule has 11 nitrogen and oxygen atoms in total. The van der Waals surface area contributed by atoms with Crippen molar-refractivity contribution in [3.8, 4) is 5.82 Å². The molecular weight excluding hydrogens is 489 g/mol. The summed E-state index contributed by atoms with van der Waals surface area (Å²) in [5, 5.41) is 18.9. The first-order chi connectivity index (χ1) is 16.9. The molecule has 0 bridgehead atoms. The molecule has 1 aromatic carbocycles. The second-order valence-corrected chi connectivity index (χ2v) is 8.33. The van der Waals surface area contributed by atoms with E-state index in [-0.39, 0.29) is 41.4 Å². The molecule has 0 aliphatic carbocycles. The van der Waals surface area contributed by atoms with Crippen LogP contribution in [0.2, 0.25) is 5.28 Å². The lowest BCUT2D eigenvalue weighted by atomic mass is 10.00. The number of hydrogen-bond acceptors (Lipinski definition) is 7. The third-order valence-electron chi connectivity index (χ3n) is 5.66. The fraction of sp³-hybridized carbons (Fsp3) is 0.350. The predicted molar refractivity (Wildman–Crippen MR) is 115 cm³/mol. The van der Waals surface area contributed by atoms with E-state index in [4.69, 9.17) is 11.6 Å². The number of aromatic nitrogens is 6. The van der Waals surface area contributed by atoms with Gasteiger partial charge < -0.3 is 10.2 Å². The van der Waals surface area contributed by atoms with E-state index < -0.39 is 23.5 Å². The molecule has 2 aromatic heterocycles. The van der Waals surface area contributed by atoms with Crippen LogP contribution in [0.4, 0.5) is 18.0 Å². The highest BCUT2D eigenvalue weighted by Gasteiger charge is 2.37. The van der Waals surface area contributed by atoms with Crippen molar-refractivity contribution in [3.05, 3.63) is 58.5 Å². The molecule has 0 saturated carbocycles. The number of halogens is 4. The Balaban J connectivity index is 1.46. The SMILES string of the molecule is O=C(N1CCNCC1)N1N=C(Cc2nn[nH][n+]2-c2nc(Cl)ncc2F)C[C@H]1c1cc(F)cc(F)c1. The van der Waals surface area contributed by atoms with Gasteiger partial charge in [-0.15, -0.1) is 4.68 Å². The Bertz CT molecular complexity index is 1280. The number of carbonyl (C=O) groups excluding carboxylic acids is 1. The number of aromatic amines is 1. The number of hydrazone groups is 1. The van der Waals surface area contributed by atoms with E-state index in [9.17, 15) is 18.0 Å². The summed E-state index contributed by atoms with van der Waals surface area (Å²) < 4.78 is 43.5. The van der Waals surface area contributed by atoms with Crippen molar-refractivity contribution in [1.29, 1.82) is 0 Å². The van der Waals surface area contributed by atoms with Crippen molar-refractivity contribution in [2.45, 2.75) is 18.9 Å². The molecule has 4 heterocycles. The number of urea groups is 1. The largest absolute Gasteiger partial charge is 0.341 e. The molecule has 0 unspecified atom stereocenters. The summed E-state index contributed by atoms with van der Waals surface area (Å²) in [6.45, 7) is 2.20. The third-order valence-corrected chi connectivity index (χ3v) is 5.85. The summed E-state index contributed by atoms with van der Waals surface area (Å²) in [5.74, 6) is -2.23. The van der Waals surface area contributed by atoms with Crippen LogP contribution in [0, 0.1) is 17.5 Å². The number of rotatable bonds is 4. The molecular formula is C20H19ClF3N10O+. The zero-order valence-electron chi connectivity index (χ0n) is 18.1. The number of H-pyrrole nitrogens is 1. The lowest BCUT2D eigenvalue weighted by Crippen LogP contribution is -2.50. The zero-order chi connectivity index (χ0) is 24.5. The Hall–Kier alpha value is -3.65. The summed E-state index contributed by atoms with van der Waals surface area (Å²) in [5.41, 5.74) is 0.748. The normalized spacial score (nSPS) is 18.2. The molecule has 1 saturated heterocycles. The first-order valence-corrected chi connectivity index (χ1v) is 11.1. The van der Waals surface area contributed by atoms with Crippen LogP contribution in [0.3, 0.4) is 0 Å². The molecule has 15 heteroatoms. The van der Waals surface area contributed by atoms with E-state index in [0.717, 1.165) is 12.3 Å². The molecule has 2 aliphatic rings. The molecule has 0 radical (unpaired) electrons. The second kappa shape index (κ2) is 9.54. The molecule has 3 aromatic rings. The minimum atomic E-state index is -0.760. The van der Waals surface area contributed by atoms with Crippen LogP contribution in [0.25, 0.3) is 5.82 Å². The number of benzene rings is 1. The van der Waals surface area contributed by atoms with Crippen LogP contribution in [-0.4, -0.2) is 73.3 Å². The summed E-state index contributed by atoms with van der Waals surface area (Å²) >= 11 is 5.80. The quantitative estimate of drug-likeness (QED) is 0.406. The van der Waals surface area contributed by atoms with Gasteiger partial charge in [0.05, 0.1) is 29.5 Å². The highest BCUT2D eigenvalue weighted by Crippen LogP contribution is 2.33. The van der Waals surface area contributed by atoms with E-state index in [1.165, 1.54) is 21.8 Å². The zero-order valence-corrected chi connectivity index (χ0v) is 18.9. The van der Waals surface area contributed by atoms with Crippen LogP contribution < -0.4 is 10.00 Å². The van der Waals surface area contributed by atoms with Crippen LogP contribution in [0.5, 0.6) is 0 Å². The smallest absolute Gasteiger partial charge is 0.321 e. The van der Waals surface area contributed by atoms with Crippen molar-refractivity contribution in [1.82, 2.24) is 40.7 Å². The topological polar surface area (TPSA) is 119 Å². The number of tetrazole rings is 1. The van der Waals surface area contributed by atoms with Gasteiger partial charge in [-0.1, -0.05) is 10.2 Å². The third kappa shape index (κ3) is 4.79. The number of hydrogen-bond donors (Lipinski definition) is 2. The highest BCUT2D eigenvalue weighted by molar-refractivity contribution is 6.28. The van der Waals surface area contributed by atoms with Gasteiger partial charge in [0.2, 0.25) is 5.82 Å². The number of nitrogens with one attached hydrogen (secondary N) is 2. The lowest BCUT2D eigenvalue weighted by molar-refractivity contribution is -0.672. The summed E-state index contributed by atoms with van der Waals surface area (Å²) in [6, 6.07) is 2.01. The Morgan fingerprint density at radius 1 is 1.17 bits per heavy atom. The van der Waals surface area contributed by atoms with Gasteiger partial charge in [0.15, 0.2) is 0 Å². The maximum Gasteiger partial charge on any atom is 0.341 e. The molecule has 5 rings (SSSR count). The van der Waals surface area contributed by atoms with Crippen molar-refractivity contribution < 1.29 is 22.6 Å². The standard InChI is InChI=1S/C20H18ClF3N10O/c21-19-26-10-15(24)18(27-19)34-17(28-30-31-34)9-14-8-16(11-5-12(22)7-13(23)6-11)33(29-14)20(35)32-3-1-25-2-4-32/h5-7,10,16,25H,1-4,8-9H2/p+1/t16-/m0/s1. The Kier molecular flexibility index (Phi) is 6.30. The van der Waals surface area contributed by atoms with Crippen molar-refractivity contribution in [3.63, 3.8) is 0 Å². The van der Waals surface area contributed by atoms with Gasteiger partial charge in [-0.05, 0) is 29.3 Å². The van der Waals surface area contributed by atoms with E-state index in [2.05, 4.69) is 35.9 Å². The minimum absolute atomic E-state index is 0.0528. The van der Waals surface area contributed by atoms with Crippen molar-refractivity contribution in [2.75, 3.05) is 26.2 Å². The van der Waals surface area contributed by atoms with E-state index in [0.29, 0.717) is 31.9 Å². The fourth-order valence-corrected chi connectivity index (χ4v) is 4.20. The van der Waals surface area contributed by atoms with E-state index in [1.807, 2.05) is 0 Å². The van der Waals surface area contributed by atoms with E-state index in [1.54, 1.807) is 4.90 Å². The second-order valence-electron chi connectivity index (χ2n) is 7.99. The molecule has 0 spiro atoms. The monoisotopic (exact) mass is 507 g/mol. The van der Waals surface area contributed by atoms with Crippen LogP contribution >= 0.6 is 11.6 Å². The lowest BCUT2D eigenvalue weighted by Gasteiger charge is -2.32. The van der Waals surface area contributed by atoms with Crippen LogP contribution in [0.1, 0.15) is 23.9 Å². The first-order valence-electron chi connectivity index (χ1n) is 10.7. The number of amides is 2. The number of piperazine rings is 1. The van der Waals surface area contributed by atoms with Gasteiger partial charge in [-0.3, -0.25) is 0 Å². The van der Waals surface area contributed by atoms with Crippen LogP contribution in [0.15, 0.2) is 29.5 Å². The van der Waals surface area contributed by atoms with Gasteiger partial charge in [-0.2, -0.15) is 9.49 Å². The minimum Gasteiger partial charge on any atom is -0.321 e. The molecule has 2 aliphatic heterocycles. The Morgan fingerprint density at radius 3 is 2.66 bits per heavy atom. The predicted octanol–water partition coefficient (Wildman–Crippen LogP) is 1.31. The molecule has 1 fully saturated rings. The summed E-state index contributed by atoms with van der Waals surface area (Å²) in [7, 11) is 0. The maximum absolute atomic E-state index is 14.3. The van der Waals surface area contributed by atoms with Gasteiger partial charge in [0.1, 0.15) is 16.8 Å². The van der Waals surface area contributed by atoms with Gasteiger partial charge >= 0.3 is 6.03 Å². The molecule has 1 atom stereocenters. The Morgan fingerprint density at radius 2 is 1.91 bits per heavy atom. The number of nitrogens with zero attached hydrogens (tertiary/aromatic N) is 8. The molecule has 35 heavy (non-hydrogen) atoms. The maximum atomic E-state index is 14.3. The van der Waals surface area contributed by atoms with Crippen molar-refractivity contribution in [2.24, 2.45) is 5.10 Å². The average molecular weight is 508 g/mol. The van der Waals surface area contributed by atoms with Crippen LogP contribution in [-0.2, 0) is 6.42 Å². The molecule has 2 N–H and O–H groups in total. The first kappa shape index (κ1) is 23.1. The van der Waals surface area contributed by atoms with Gasteiger partial charge in [0, 0.05) is 38.7 Å². The van der Waals surface area contributed by atoms with Gasteiger partial charge in [0.25, 0.3) is 16.9 Å². The molecule has 2 amide bonds. The van der Waals surface area contributed by atoms with Gasteiger partial charge in [-0.25, -0.2) is 23.6 Å². The van der Waals surface area contributed by atoms with Crippen molar-refractivity contribution >= 4 is 23.3 Å².